The number of ether oxygens (including phenoxy) is 1. The van der Waals surface area contributed by atoms with Crippen molar-refractivity contribution in [3.8, 4) is 5.75 Å². The Labute approximate surface area is 220 Å². The molecule has 1 aliphatic rings. The monoisotopic (exact) mass is 544 g/mol. The Balaban J connectivity index is 1.31. The molecule has 6 nitrogen and oxygen atoms in total. The summed E-state index contributed by atoms with van der Waals surface area (Å²) in [6, 6.07) is 11.3. The first kappa shape index (κ1) is 26.1. The summed E-state index contributed by atoms with van der Waals surface area (Å²) >= 11 is 1.13. The Bertz CT molecular complexity index is 1400. The first-order valence-electron chi connectivity index (χ1n) is 12.1. The lowest BCUT2D eigenvalue weighted by molar-refractivity contribution is 0.0701. The van der Waals surface area contributed by atoms with Crippen LogP contribution in [-0.2, 0) is 0 Å². The number of fused-ring (bicyclic) bond motifs is 1. The van der Waals surface area contributed by atoms with Crippen molar-refractivity contribution in [1.29, 1.82) is 0 Å². The second-order valence-electron chi connectivity index (χ2n) is 8.96. The molecule has 1 N–H and O–H groups in total. The van der Waals surface area contributed by atoms with Crippen LogP contribution in [-0.4, -0.2) is 46.5 Å². The van der Waals surface area contributed by atoms with Gasteiger partial charge in [0.1, 0.15) is 29.2 Å². The van der Waals surface area contributed by atoms with E-state index in [0.717, 1.165) is 29.5 Å². The summed E-state index contributed by atoms with van der Waals surface area (Å²) < 4.78 is 60.3. The average molecular weight is 545 g/mol. The van der Waals surface area contributed by atoms with Crippen LogP contribution in [0.5, 0.6) is 5.75 Å². The van der Waals surface area contributed by atoms with Crippen LogP contribution in [0.1, 0.15) is 46.2 Å². The van der Waals surface area contributed by atoms with E-state index in [1.54, 1.807) is 24.4 Å². The largest absolute Gasteiger partial charge is 0.490 e. The molecule has 1 saturated heterocycles. The number of hydrogen-bond donors (Lipinski definition) is 1. The topological polar surface area (TPSA) is 67.4 Å². The molecule has 1 atom stereocenters. The predicted molar refractivity (Wildman–Crippen MR) is 135 cm³/mol. The van der Waals surface area contributed by atoms with E-state index >= 15 is 0 Å². The minimum absolute atomic E-state index is 0.0953. The lowest BCUT2D eigenvalue weighted by atomic mass is 10.0. The summed E-state index contributed by atoms with van der Waals surface area (Å²) in [6.45, 7) is 1.04. The number of rotatable bonds is 8. The summed E-state index contributed by atoms with van der Waals surface area (Å²) in [7, 11) is 0. The van der Waals surface area contributed by atoms with E-state index in [1.165, 1.54) is 5.51 Å². The van der Waals surface area contributed by atoms with E-state index in [9.17, 15) is 22.4 Å². The molecule has 1 fully saturated rings. The highest BCUT2D eigenvalue weighted by atomic mass is 32.1. The van der Waals surface area contributed by atoms with Crippen LogP contribution < -0.4 is 10.1 Å². The molecule has 0 bridgehead atoms. The van der Waals surface area contributed by atoms with Crippen LogP contribution in [0.2, 0.25) is 0 Å². The number of hydrogen-bond acceptors (Lipinski definition) is 6. The highest BCUT2D eigenvalue weighted by molar-refractivity contribution is 7.09. The number of carbonyl (C=O) groups excluding carboxylic acids is 1. The zero-order chi connectivity index (χ0) is 26.6. The van der Waals surface area contributed by atoms with Gasteiger partial charge >= 0.3 is 0 Å². The van der Waals surface area contributed by atoms with Gasteiger partial charge in [-0.1, -0.05) is 12.1 Å². The lowest BCUT2D eigenvalue weighted by Gasteiger charge is -2.37. The molecule has 0 radical (unpaired) electrons. The molecule has 1 aliphatic heterocycles. The Morgan fingerprint density at radius 3 is 2.58 bits per heavy atom. The van der Waals surface area contributed by atoms with Gasteiger partial charge in [-0.3, -0.25) is 14.7 Å². The van der Waals surface area contributed by atoms with Gasteiger partial charge in [-0.05, 0) is 31.0 Å². The smallest absolute Gasteiger partial charge is 0.281 e. The molecule has 2 aromatic carbocycles. The Kier molecular flexibility index (Phi) is 7.85. The zero-order valence-corrected chi connectivity index (χ0v) is 20.9. The SMILES string of the molecule is O=C(NCC(c1scnc1C(F)F)N1CCC(Oc2cc(F)cc(F)c2)CC1)c1cccc2ncccc12. The molecule has 38 heavy (non-hydrogen) atoms. The van der Waals surface area contributed by atoms with Crippen LogP contribution in [0.4, 0.5) is 17.6 Å². The number of piperidine rings is 1. The van der Waals surface area contributed by atoms with E-state index < -0.39 is 24.1 Å². The Morgan fingerprint density at radius 2 is 1.84 bits per heavy atom. The fourth-order valence-electron chi connectivity index (χ4n) is 4.74. The maximum atomic E-state index is 13.7. The Morgan fingerprint density at radius 1 is 1.08 bits per heavy atom. The van der Waals surface area contributed by atoms with Gasteiger partial charge < -0.3 is 10.1 Å². The summed E-state index contributed by atoms with van der Waals surface area (Å²) in [5.74, 6) is -1.67. The summed E-state index contributed by atoms with van der Waals surface area (Å²) in [4.78, 5) is 23.7. The second-order valence-corrected chi connectivity index (χ2v) is 9.85. The van der Waals surface area contributed by atoms with Crippen molar-refractivity contribution >= 4 is 28.1 Å². The number of benzene rings is 2. The van der Waals surface area contributed by atoms with E-state index in [-0.39, 0.29) is 30.0 Å². The van der Waals surface area contributed by atoms with Gasteiger partial charge in [0.05, 0.1) is 21.9 Å². The molecular formula is C27H24F4N4O2S. The first-order chi connectivity index (χ1) is 18.4. The fraction of sp³-hybridized carbons (Fsp3) is 0.296. The van der Waals surface area contributed by atoms with E-state index in [4.69, 9.17) is 4.74 Å². The quantitative estimate of drug-likeness (QED) is 0.279. The molecule has 0 aliphatic carbocycles. The number of carbonyl (C=O) groups is 1. The molecule has 4 aromatic rings. The standard InChI is InChI=1S/C27H24F4N4O2S/c28-16-11-17(29)13-19(12-16)37-18-6-9-35(10-7-18)23(25-24(26(30)31)34-15-38-25)14-33-27(36)21-3-1-5-22-20(21)4-2-8-32-22/h1-5,8,11-13,15,18,23,26H,6-7,9-10,14H2,(H,33,36). The zero-order valence-electron chi connectivity index (χ0n) is 20.1. The minimum Gasteiger partial charge on any atom is -0.490 e. The van der Waals surface area contributed by atoms with Gasteiger partial charge in [-0.2, -0.15) is 0 Å². The number of alkyl halides is 2. The highest BCUT2D eigenvalue weighted by Crippen LogP contribution is 2.35. The number of aromatic nitrogens is 2. The fourth-order valence-corrected chi connectivity index (χ4v) is 5.68. The molecule has 1 unspecified atom stereocenters. The molecule has 5 rings (SSSR count). The molecular weight excluding hydrogens is 520 g/mol. The van der Waals surface area contributed by atoms with Crippen molar-refractivity contribution in [2.24, 2.45) is 0 Å². The summed E-state index contributed by atoms with van der Waals surface area (Å²) in [5, 5.41) is 3.61. The number of amides is 1. The maximum absolute atomic E-state index is 13.7. The number of pyridine rings is 1. The molecule has 0 spiro atoms. The molecule has 11 heteroatoms. The van der Waals surface area contributed by atoms with Crippen molar-refractivity contribution in [1.82, 2.24) is 20.2 Å². The van der Waals surface area contributed by atoms with Gasteiger partial charge in [0.2, 0.25) is 0 Å². The number of halogens is 4. The number of nitrogens with zero attached hydrogens (tertiary/aromatic N) is 3. The third kappa shape index (κ3) is 5.78. The van der Waals surface area contributed by atoms with Gasteiger partial charge in [-0.25, -0.2) is 22.5 Å². The van der Waals surface area contributed by atoms with Crippen molar-refractivity contribution in [2.75, 3.05) is 19.6 Å². The van der Waals surface area contributed by atoms with Crippen LogP contribution in [0.3, 0.4) is 0 Å². The number of nitrogens with one attached hydrogen (secondary N) is 1. The van der Waals surface area contributed by atoms with Crippen molar-refractivity contribution in [2.45, 2.75) is 31.4 Å². The number of thiazole rings is 1. The highest BCUT2D eigenvalue weighted by Gasteiger charge is 2.32. The Hall–Kier alpha value is -3.57. The third-order valence-electron chi connectivity index (χ3n) is 6.54. The van der Waals surface area contributed by atoms with Gasteiger partial charge in [-0.15, -0.1) is 11.3 Å². The second kappa shape index (κ2) is 11.4. The molecule has 0 saturated carbocycles. The molecule has 1 amide bonds. The number of likely N-dealkylation sites (tertiary alicyclic amines) is 1. The van der Waals surface area contributed by atoms with E-state index in [0.29, 0.717) is 47.3 Å². The summed E-state index contributed by atoms with van der Waals surface area (Å²) in [6.07, 6.45) is -0.363. The first-order valence-corrected chi connectivity index (χ1v) is 13.0. The lowest BCUT2D eigenvalue weighted by Crippen LogP contribution is -2.44. The van der Waals surface area contributed by atoms with Crippen LogP contribution >= 0.6 is 11.3 Å². The van der Waals surface area contributed by atoms with Crippen LogP contribution in [0, 0.1) is 11.6 Å². The van der Waals surface area contributed by atoms with Crippen molar-refractivity contribution in [3.63, 3.8) is 0 Å². The molecule has 2 aromatic heterocycles. The molecule has 3 heterocycles. The van der Waals surface area contributed by atoms with Gasteiger partial charge in [0.25, 0.3) is 12.3 Å². The normalized spacial score (nSPS) is 15.6. The minimum atomic E-state index is -2.75. The summed E-state index contributed by atoms with van der Waals surface area (Å²) in [5.41, 5.74) is 2.22. The van der Waals surface area contributed by atoms with Crippen LogP contribution in [0.15, 0.2) is 60.2 Å². The van der Waals surface area contributed by atoms with Crippen molar-refractivity contribution < 1.29 is 27.1 Å². The van der Waals surface area contributed by atoms with Gasteiger partial charge in [0.15, 0.2) is 0 Å². The van der Waals surface area contributed by atoms with E-state index in [2.05, 4.69) is 15.3 Å². The average Bonchev–Trinajstić information content (AvgIpc) is 3.39. The predicted octanol–water partition coefficient (Wildman–Crippen LogP) is 5.92. The molecule has 198 valence electrons. The van der Waals surface area contributed by atoms with Crippen LogP contribution in [0.25, 0.3) is 10.9 Å². The van der Waals surface area contributed by atoms with E-state index in [1.807, 2.05) is 17.0 Å². The third-order valence-corrected chi connectivity index (χ3v) is 7.48. The van der Waals surface area contributed by atoms with Gasteiger partial charge in [0, 0.05) is 55.0 Å². The maximum Gasteiger partial charge on any atom is 0.281 e. The van der Waals surface area contributed by atoms with Crippen molar-refractivity contribution in [3.05, 3.63) is 88.0 Å².